The van der Waals surface area contributed by atoms with Gasteiger partial charge in [0.2, 0.25) is 5.78 Å². The quantitative estimate of drug-likeness (QED) is 0.254. The second-order valence-corrected chi connectivity index (χ2v) is 9.14. The number of halogens is 1. The van der Waals surface area contributed by atoms with E-state index in [0.717, 1.165) is 44.7 Å². The molecule has 0 aliphatic carbocycles. The summed E-state index contributed by atoms with van der Waals surface area (Å²) in [6.07, 6.45) is 0. The molecule has 0 N–H and O–H groups in total. The van der Waals surface area contributed by atoms with Crippen molar-refractivity contribution in [3.63, 3.8) is 0 Å². The van der Waals surface area contributed by atoms with Gasteiger partial charge in [-0.2, -0.15) is 0 Å². The second kappa shape index (κ2) is 7.86. The fourth-order valence-corrected chi connectivity index (χ4v) is 5.13. The Hall–Kier alpha value is -4.34. The SMILES string of the molecule is Clc1ccc2c(c1)n(-c1cc(-c3ccccc3)cc(-c3ccccc3)c1)c1nc3ccccc3n21. The Morgan fingerprint density at radius 1 is 0.514 bits per heavy atom. The molecule has 3 nitrogen and oxygen atoms in total. The van der Waals surface area contributed by atoms with E-state index in [0.29, 0.717) is 5.02 Å². The molecule has 35 heavy (non-hydrogen) atoms. The number of rotatable bonds is 3. The Balaban J connectivity index is 1.60. The van der Waals surface area contributed by atoms with E-state index in [1.54, 1.807) is 0 Å². The number of hydrogen-bond donors (Lipinski definition) is 0. The number of aromatic nitrogens is 3. The van der Waals surface area contributed by atoms with Crippen LogP contribution < -0.4 is 0 Å². The van der Waals surface area contributed by atoms with Crippen molar-refractivity contribution in [2.45, 2.75) is 0 Å². The van der Waals surface area contributed by atoms with E-state index < -0.39 is 0 Å². The summed E-state index contributed by atoms with van der Waals surface area (Å²) in [7, 11) is 0. The molecule has 0 spiro atoms. The summed E-state index contributed by atoms with van der Waals surface area (Å²) in [5, 5.41) is 0.700. The first-order valence-corrected chi connectivity index (χ1v) is 12.0. The average molecular weight is 470 g/mol. The third-order valence-electron chi connectivity index (χ3n) is 6.55. The number of imidazole rings is 2. The van der Waals surface area contributed by atoms with Gasteiger partial charge in [0.1, 0.15) is 0 Å². The number of fused-ring (bicyclic) bond motifs is 5. The van der Waals surface area contributed by atoms with E-state index in [2.05, 4.69) is 100.0 Å². The molecular weight excluding hydrogens is 450 g/mol. The van der Waals surface area contributed by atoms with Crippen LogP contribution in [0.5, 0.6) is 0 Å². The zero-order valence-electron chi connectivity index (χ0n) is 18.8. The Labute approximate surface area is 207 Å². The van der Waals surface area contributed by atoms with Crippen LogP contribution in [-0.4, -0.2) is 14.0 Å². The lowest BCUT2D eigenvalue weighted by atomic mass is 9.98. The molecule has 2 heterocycles. The number of hydrogen-bond acceptors (Lipinski definition) is 1. The van der Waals surface area contributed by atoms with E-state index in [1.165, 1.54) is 11.1 Å². The van der Waals surface area contributed by atoms with E-state index in [4.69, 9.17) is 16.6 Å². The van der Waals surface area contributed by atoms with Crippen LogP contribution in [0.2, 0.25) is 5.02 Å². The Morgan fingerprint density at radius 2 is 1.14 bits per heavy atom. The van der Waals surface area contributed by atoms with Gasteiger partial charge in [-0.15, -0.1) is 0 Å². The van der Waals surface area contributed by atoms with Crippen molar-refractivity contribution in [1.82, 2.24) is 14.0 Å². The van der Waals surface area contributed by atoms with Gasteiger partial charge in [0.15, 0.2) is 0 Å². The lowest BCUT2D eigenvalue weighted by Gasteiger charge is -2.13. The maximum absolute atomic E-state index is 6.50. The smallest absolute Gasteiger partial charge is 0.220 e. The molecule has 7 rings (SSSR count). The largest absolute Gasteiger partial charge is 0.278 e. The molecule has 0 bridgehead atoms. The van der Waals surface area contributed by atoms with Crippen LogP contribution in [-0.2, 0) is 0 Å². The van der Waals surface area contributed by atoms with Crippen LogP contribution in [0.25, 0.3) is 55.8 Å². The third-order valence-corrected chi connectivity index (χ3v) is 6.79. The average Bonchev–Trinajstić information content (AvgIpc) is 3.43. The van der Waals surface area contributed by atoms with Crippen molar-refractivity contribution >= 4 is 39.4 Å². The minimum atomic E-state index is 0.700. The van der Waals surface area contributed by atoms with Gasteiger partial charge in [-0.25, -0.2) is 4.98 Å². The lowest BCUT2D eigenvalue weighted by molar-refractivity contribution is 1.11. The molecule has 0 saturated heterocycles. The lowest BCUT2D eigenvalue weighted by Crippen LogP contribution is -1.97. The highest BCUT2D eigenvalue weighted by atomic mass is 35.5. The summed E-state index contributed by atoms with van der Waals surface area (Å²) in [5.74, 6) is 0.868. The van der Waals surface area contributed by atoms with Crippen LogP contribution in [0.4, 0.5) is 0 Å². The van der Waals surface area contributed by atoms with Crippen molar-refractivity contribution in [3.05, 3.63) is 126 Å². The van der Waals surface area contributed by atoms with E-state index >= 15 is 0 Å². The van der Waals surface area contributed by atoms with Crippen molar-refractivity contribution in [3.8, 4) is 27.9 Å². The summed E-state index contributed by atoms with van der Waals surface area (Å²) in [4.78, 5) is 5.05. The fraction of sp³-hybridized carbons (Fsp3) is 0. The van der Waals surface area contributed by atoms with Crippen molar-refractivity contribution in [1.29, 1.82) is 0 Å². The van der Waals surface area contributed by atoms with Crippen molar-refractivity contribution < 1.29 is 0 Å². The molecule has 0 saturated carbocycles. The standard InChI is InChI=1S/C31H20ClN3/c32-25-15-16-29-30(20-25)34(31-33-27-13-7-8-14-28(27)35(29)31)26-18-23(21-9-3-1-4-10-21)17-24(19-26)22-11-5-2-6-12-22/h1-20H. The molecule has 0 radical (unpaired) electrons. The molecule has 7 aromatic rings. The van der Waals surface area contributed by atoms with Gasteiger partial charge in [0.05, 0.1) is 27.8 Å². The number of benzene rings is 5. The topological polar surface area (TPSA) is 22.2 Å². The zero-order valence-corrected chi connectivity index (χ0v) is 19.5. The van der Waals surface area contributed by atoms with Gasteiger partial charge in [-0.1, -0.05) is 84.4 Å². The van der Waals surface area contributed by atoms with Crippen LogP contribution in [0.15, 0.2) is 121 Å². The molecule has 0 atom stereocenters. The summed E-state index contributed by atoms with van der Waals surface area (Å²) in [6, 6.07) is 42.0. The highest BCUT2D eigenvalue weighted by molar-refractivity contribution is 6.31. The highest BCUT2D eigenvalue weighted by Gasteiger charge is 2.18. The van der Waals surface area contributed by atoms with Crippen LogP contribution in [0.3, 0.4) is 0 Å². The molecule has 0 unspecified atom stereocenters. The molecule has 2 aromatic heterocycles. The predicted molar refractivity (Wildman–Crippen MR) is 145 cm³/mol. The molecule has 166 valence electrons. The maximum Gasteiger partial charge on any atom is 0.220 e. The number of nitrogens with zero attached hydrogens (tertiary/aromatic N) is 3. The minimum Gasteiger partial charge on any atom is -0.278 e. The van der Waals surface area contributed by atoms with Gasteiger partial charge in [-0.05, 0) is 70.8 Å². The second-order valence-electron chi connectivity index (χ2n) is 8.70. The number of para-hydroxylation sites is 2. The molecule has 0 aliphatic heterocycles. The molecular formula is C31H20ClN3. The normalized spacial score (nSPS) is 11.6. The van der Waals surface area contributed by atoms with Gasteiger partial charge >= 0.3 is 0 Å². The van der Waals surface area contributed by atoms with Crippen LogP contribution in [0.1, 0.15) is 0 Å². The van der Waals surface area contributed by atoms with Crippen molar-refractivity contribution in [2.24, 2.45) is 0 Å². The van der Waals surface area contributed by atoms with Gasteiger partial charge in [0, 0.05) is 5.02 Å². The summed E-state index contributed by atoms with van der Waals surface area (Å²) in [6.45, 7) is 0. The first kappa shape index (κ1) is 20.1. The minimum absolute atomic E-state index is 0.700. The first-order valence-electron chi connectivity index (χ1n) is 11.6. The van der Waals surface area contributed by atoms with E-state index in [1.807, 2.05) is 30.3 Å². The van der Waals surface area contributed by atoms with Gasteiger partial charge in [-0.3, -0.25) is 8.97 Å². The molecule has 5 aromatic carbocycles. The summed E-state index contributed by atoms with van der Waals surface area (Å²) < 4.78 is 4.44. The van der Waals surface area contributed by atoms with Crippen molar-refractivity contribution in [2.75, 3.05) is 0 Å². The molecule has 4 heteroatoms. The predicted octanol–water partition coefficient (Wildman–Crippen LogP) is 8.42. The fourth-order valence-electron chi connectivity index (χ4n) is 4.96. The van der Waals surface area contributed by atoms with E-state index in [9.17, 15) is 0 Å². The van der Waals surface area contributed by atoms with Crippen LogP contribution >= 0.6 is 11.6 Å². The van der Waals surface area contributed by atoms with Gasteiger partial charge in [0.25, 0.3) is 0 Å². The molecule has 0 aliphatic rings. The molecule has 0 amide bonds. The summed E-state index contributed by atoms with van der Waals surface area (Å²) >= 11 is 6.50. The van der Waals surface area contributed by atoms with Gasteiger partial charge < -0.3 is 0 Å². The zero-order chi connectivity index (χ0) is 23.4. The third kappa shape index (κ3) is 3.24. The summed E-state index contributed by atoms with van der Waals surface area (Å²) in [5.41, 5.74) is 9.84. The highest BCUT2D eigenvalue weighted by Crippen LogP contribution is 2.35. The Bertz CT molecular complexity index is 1790. The van der Waals surface area contributed by atoms with E-state index in [-0.39, 0.29) is 0 Å². The Kier molecular flexibility index (Phi) is 4.51. The first-order chi connectivity index (χ1) is 17.3. The molecule has 0 fully saturated rings. The Morgan fingerprint density at radius 3 is 1.83 bits per heavy atom. The van der Waals surface area contributed by atoms with Crippen LogP contribution in [0, 0.1) is 0 Å². The monoisotopic (exact) mass is 469 g/mol. The maximum atomic E-state index is 6.50.